The zero-order chi connectivity index (χ0) is 13.7. The molecule has 0 heterocycles. The summed E-state index contributed by atoms with van der Waals surface area (Å²) in [5.74, 6) is 0.832. The van der Waals surface area contributed by atoms with Crippen molar-refractivity contribution in [1.29, 1.82) is 0 Å². The first-order valence-corrected chi connectivity index (χ1v) is 6.73. The van der Waals surface area contributed by atoms with Gasteiger partial charge in [0.15, 0.2) is 0 Å². The molecule has 100 valence electrons. The maximum absolute atomic E-state index is 5.77. The average molecular weight is 322 g/mol. The van der Waals surface area contributed by atoms with E-state index < -0.39 is 0 Å². The molecule has 2 rings (SSSR count). The van der Waals surface area contributed by atoms with E-state index in [1.165, 1.54) is 0 Å². The zero-order valence-electron chi connectivity index (χ0n) is 10.7. The van der Waals surface area contributed by atoms with E-state index in [9.17, 15) is 0 Å². The third-order valence-corrected chi connectivity index (χ3v) is 3.42. The van der Waals surface area contributed by atoms with Crippen molar-refractivity contribution in [3.8, 4) is 5.75 Å². The number of anilines is 1. The number of hydrogen-bond donors (Lipinski definition) is 1. The van der Waals surface area contributed by atoms with E-state index in [1.54, 1.807) is 7.11 Å². The number of nitrogens with two attached hydrogens (primary N) is 1. The lowest BCUT2D eigenvalue weighted by Gasteiger charge is -2.09. The molecule has 4 heteroatoms. The maximum atomic E-state index is 5.77. The highest BCUT2D eigenvalue weighted by atomic mass is 79.9. The molecule has 0 saturated heterocycles. The molecule has 0 spiro atoms. The number of benzene rings is 2. The van der Waals surface area contributed by atoms with E-state index in [-0.39, 0.29) is 0 Å². The molecule has 0 amide bonds. The quantitative estimate of drug-likeness (QED) is 0.853. The van der Waals surface area contributed by atoms with Gasteiger partial charge in [-0.15, -0.1) is 0 Å². The Kier molecular flexibility index (Phi) is 4.82. The van der Waals surface area contributed by atoms with Gasteiger partial charge in [-0.25, -0.2) is 0 Å². The van der Waals surface area contributed by atoms with Gasteiger partial charge in [0.05, 0.1) is 6.61 Å². The fourth-order valence-corrected chi connectivity index (χ4v) is 2.24. The molecule has 0 bridgehead atoms. The van der Waals surface area contributed by atoms with Crippen LogP contribution in [0.3, 0.4) is 0 Å². The highest BCUT2D eigenvalue weighted by molar-refractivity contribution is 9.10. The van der Waals surface area contributed by atoms with Gasteiger partial charge < -0.3 is 15.2 Å². The molecule has 0 fully saturated rings. The Morgan fingerprint density at radius 2 is 1.95 bits per heavy atom. The molecule has 0 aromatic heterocycles. The highest BCUT2D eigenvalue weighted by Crippen LogP contribution is 2.22. The van der Waals surface area contributed by atoms with Crippen molar-refractivity contribution >= 4 is 21.6 Å². The normalized spacial score (nSPS) is 10.4. The van der Waals surface area contributed by atoms with Crippen molar-refractivity contribution in [2.24, 2.45) is 0 Å². The van der Waals surface area contributed by atoms with Crippen LogP contribution in [0.1, 0.15) is 11.1 Å². The van der Waals surface area contributed by atoms with Crippen LogP contribution >= 0.6 is 15.9 Å². The fraction of sp³-hybridized carbons (Fsp3) is 0.200. The van der Waals surface area contributed by atoms with Crippen LogP contribution in [-0.2, 0) is 18.0 Å². The predicted molar refractivity (Wildman–Crippen MR) is 80.0 cm³/mol. The molecule has 19 heavy (non-hydrogen) atoms. The van der Waals surface area contributed by atoms with Crippen LogP contribution in [-0.4, -0.2) is 7.11 Å². The van der Waals surface area contributed by atoms with E-state index in [0.29, 0.717) is 13.2 Å². The van der Waals surface area contributed by atoms with Gasteiger partial charge in [-0.2, -0.15) is 0 Å². The molecule has 2 N–H and O–H groups in total. The third-order valence-electron chi connectivity index (χ3n) is 2.68. The Morgan fingerprint density at radius 1 is 1.11 bits per heavy atom. The molecule has 0 radical (unpaired) electrons. The molecule has 0 atom stereocenters. The number of methoxy groups -OCH3 is 1. The lowest BCUT2D eigenvalue weighted by Crippen LogP contribution is -1.98. The summed E-state index contributed by atoms with van der Waals surface area (Å²) < 4.78 is 11.8. The molecule has 2 aromatic rings. The number of halogens is 1. The summed E-state index contributed by atoms with van der Waals surface area (Å²) >= 11 is 3.48. The molecule has 0 aliphatic rings. The second-order valence-corrected chi connectivity index (χ2v) is 5.07. The van der Waals surface area contributed by atoms with Gasteiger partial charge >= 0.3 is 0 Å². The van der Waals surface area contributed by atoms with Gasteiger partial charge in [-0.3, -0.25) is 0 Å². The summed E-state index contributed by atoms with van der Waals surface area (Å²) in [5.41, 5.74) is 8.59. The van der Waals surface area contributed by atoms with Crippen molar-refractivity contribution in [3.63, 3.8) is 0 Å². The Hall–Kier alpha value is -1.52. The smallest absolute Gasteiger partial charge is 0.120 e. The van der Waals surface area contributed by atoms with Crippen LogP contribution < -0.4 is 10.5 Å². The lowest BCUT2D eigenvalue weighted by molar-refractivity contribution is 0.184. The minimum absolute atomic E-state index is 0.497. The molecule has 0 unspecified atom stereocenters. The van der Waals surface area contributed by atoms with Crippen LogP contribution in [0.4, 0.5) is 5.69 Å². The minimum Gasteiger partial charge on any atom is -0.489 e. The largest absolute Gasteiger partial charge is 0.489 e. The van der Waals surface area contributed by atoms with Crippen molar-refractivity contribution in [3.05, 3.63) is 58.1 Å². The molecular formula is C15H16BrNO2. The molecular weight excluding hydrogens is 306 g/mol. The average Bonchev–Trinajstić information content (AvgIpc) is 2.38. The Balaban J connectivity index is 2.03. The van der Waals surface area contributed by atoms with Crippen LogP contribution in [0.2, 0.25) is 0 Å². The first-order chi connectivity index (χ1) is 9.19. The Labute approximate surface area is 121 Å². The summed E-state index contributed by atoms with van der Waals surface area (Å²) in [5, 5.41) is 0. The highest BCUT2D eigenvalue weighted by Gasteiger charge is 2.02. The van der Waals surface area contributed by atoms with E-state index >= 15 is 0 Å². The summed E-state index contributed by atoms with van der Waals surface area (Å²) in [6.07, 6.45) is 0. The van der Waals surface area contributed by atoms with Crippen LogP contribution in [0.15, 0.2) is 46.9 Å². The summed E-state index contributed by atoms with van der Waals surface area (Å²) in [7, 11) is 1.68. The van der Waals surface area contributed by atoms with Crippen molar-refractivity contribution in [1.82, 2.24) is 0 Å². The summed E-state index contributed by atoms with van der Waals surface area (Å²) in [6.45, 7) is 1.08. The topological polar surface area (TPSA) is 44.5 Å². The number of rotatable bonds is 5. The molecule has 0 saturated carbocycles. The number of hydrogen-bond acceptors (Lipinski definition) is 3. The molecule has 0 aliphatic heterocycles. The van der Waals surface area contributed by atoms with E-state index in [1.807, 2.05) is 42.5 Å². The Bertz CT molecular complexity index is 558. The van der Waals surface area contributed by atoms with E-state index in [0.717, 1.165) is 27.0 Å². The van der Waals surface area contributed by atoms with Gasteiger partial charge in [0.2, 0.25) is 0 Å². The summed E-state index contributed by atoms with van der Waals surface area (Å²) in [4.78, 5) is 0. The molecule has 0 aliphatic carbocycles. The van der Waals surface area contributed by atoms with Crippen LogP contribution in [0.5, 0.6) is 5.75 Å². The fourth-order valence-electron chi connectivity index (χ4n) is 1.73. The van der Waals surface area contributed by atoms with Gasteiger partial charge in [-0.1, -0.05) is 34.1 Å². The standard InChI is InChI=1S/C15H16BrNO2/c1-18-9-11-3-2-4-14(7-11)19-10-12-5-6-13(17)8-15(12)16/h2-8H,9-10,17H2,1H3. The second kappa shape index (κ2) is 6.59. The zero-order valence-corrected chi connectivity index (χ0v) is 12.3. The predicted octanol–water partition coefficient (Wildman–Crippen LogP) is 3.76. The molecule has 3 nitrogen and oxygen atoms in total. The van der Waals surface area contributed by atoms with Gasteiger partial charge in [0.25, 0.3) is 0 Å². The van der Waals surface area contributed by atoms with Crippen molar-refractivity contribution in [2.45, 2.75) is 13.2 Å². The Morgan fingerprint density at radius 3 is 2.68 bits per heavy atom. The van der Waals surface area contributed by atoms with Gasteiger partial charge in [-0.05, 0) is 29.8 Å². The molecule has 2 aromatic carbocycles. The SMILES string of the molecule is COCc1cccc(OCc2ccc(N)cc2Br)c1. The van der Waals surface area contributed by atoms with E-state index in [2.05, 4.69) is 15.9 Å². The summed E-state index contributed by atoms with van der Waals surface area (Å²) in [6, 6.07) is 13.6. The van der Waals surface area contributed by atoms with Gasteiger partial charge in [0.1, 0.15) is 12.4 Å². The second-order valence-electron chi connectivity index (χ2n) is 4.22. The van der Waals surface area contributed by atoms with E-state index in [4.69, 9.17) is 15.2 Å². The van der Waals surface area contributed by atoms with Crippen LogP contribution in [0.25, 0.3) is 0 Å². The number of ether oxygens (including phenoxy) is 2. The van der Waals surface area contributed by atoms with Gasteiger partial charge in [0, 0.05) is 22.8 Å². The minimum atomic E-state index is 0.497. The van der Waals surface area contributed by atoms with Crippen LogP contribution in [0, 0.1) is 0 Å². The third kappa shape index (κ3) is 3.98. The maximum Gasteiger partial charge on any atom is 0.120 e. The first-order valence-electron chi connectivity index (χ1n) is 5.93. The first kappa shape index (κ1) is 13.9. The lowest BCUT2D eigenvalue weighted by atomic mass is 10.2. The van der Waals surface area contributed by atoms with Crippen molar-refractivity contribution in [2.75, 3.05) is 12.8 Å². The number of nitrogen functional groups attached to an aromatic ring is 1. The monoisotopic (exact) mass is 321 g/mol. The van der Waals surface area contributed by atoms with Crippen molar-refractivity contribution < 1.29 is 9.47 Å².